The molecule has 3 N–H and O–H groups in total. The monoisotopic (exact) mass is 393 g/mol. The van der Waals surface area contributed by atoms with Gasteiger partial charge in [0, 0.05) is 11.3 Å². The third kappa shape index (κ3) is 4.96. The van der Waals surface area contributed by atoms with Crippen LogP contribution in [0.5, 0.6) is 5.75 Å². The number of hydrazone groups is 1. The molecule has 0 heterocycles. The van der Waals surface area contributed by atoms with Crippen LogP contribution in [0.1, 0.15) is 26.3 Å². The number of nitrogens with one attached hydrogen (secondary N) is 2. The summed E-state index contributed by atoms with van der Waals surface area (Å²) >= 11 is 6.04. The van der Waals surface area contributed by atoms with Crippen LogP contribution >= 0.6 is 11.6 Å². The molecule has 0 radical (unpaired) electrons. The van der Waals surface area contributed by atoms with Gasteiger partial charge in [-0.05, 0) is 54.1 Å². The van der Waals surface area contributed by atoms with Gasteiger partial charge >= 0.3 is 0 Å². The molecule has 0 saturated carbocycles. The maximum atomic E-state index is 12.3. The lowest BCUT2D eigenvalue weighted by molar-refractivity contribution is 0.0954. The number of amides is 2. The van der Waals surface area contributed by atoms with Crippen molar-refractivity contribution in [3.05, 3.63) is 94.5 Å². The molecule has 0 aliphatic heterocycles. The Labute approximate surface area is 166 Å². The quantitative estimate of drug-likeness (QED) is 0.451. The molecule has 0 spiro atoms. The highest BCUT2D eigenvalue weighted by Crippen LogP contribution is 2.17. The molecule has 0 atom stereocenters. The van der Waals surface area contributed by atoms with Crippen molar-refractivity contribution in [3.63, 3.8) is 0 Å². The molecule has 28 heavy (non-hydrogen) atoms. The molecule has 140 valence electrons. The molecule has 7 heteroatoms. The lowest BCUT2D eigenvalue weighted by atomic mass is 10.2. The normalized spacial score (nSPS) is 10.6. The van der Waals surface area contributed by atoms with Crippen LogP contribution in [0.15, 0.2) is 77.9 Å². The number of benzene rings is 3. The van der Waals surface area contributed by atoms with E-state index in [4.69, 9.17) is 11.6 Å². The first-order valence-corrected chi connectivity index (χ1v) is 8.69. The Morgan fingerprint density at radius 2 is 1.68 bits per heavy atom. The van der Waals surface area contributed by atoms with Gasteiger partial charge in [-0.15, -0.1) is 0 Å². The number of hydrogen-bond donors (Lipinski definition) is 3. The van der Waals surface area contributed by atoms with Gasteiger partial charge in [-0.25, -0.2) is 5.43 Å². The van der Waals surface area contributed by atoms with E-state index >= 15 is 0 Å². The van der Waals surface area contributed by atoms with Gasteiger partial charge in [-0.3, -0.25) is 9.59 Å². The number of carbonyl (C=O) groups is 2. The van der Waals surface area contributed by atoms with E-state index < -0.39 is 5.91 Å². The summed E-state index contributed by atoms with van der Waals surface area (Å²) in [7, 11) is 0. The second-order valence-electron chi connectivity index (χ2n) is 5.81. The molecule has 2 amide bonds. The van der Waals surface area contributed by atoms with Crippen molar-refractivity contribution >= 4 is 35.3 Å². The average Bonchev–Trinajstić information content (AvgIpc) is 2.69. The molecule has 0 fully saturated rings. The Kier molecular flexibility index (Phi) is 6.04. The number of nitrogens with zero attached hydrogens (tertiary/aromatic N) is 1. The van der Waals surface area contributed by atoms with Crippen molar-refractivity contribution in [2.75, 3.05) is 5.32 Å². The molecule has 0 aromatic heterocycles. The minimum Gasteiger partial charge on any atom is -0.508 e. The predicted molar refractivity (Wildman–Crippen MR) is 109 cm³/mol. The van der Waals surface area contributed by atoms with Gasteiger partial charge in [-0.2, -0.15) is 5.10 Å². The summed E-state index contributed by atoms with van der Waals surface area (Å²) in [5, 5.41) is 16.3. The van der Waals surface area contributed by atoms with Gasteiger partial charge in [0.05, 0.1) is 16.8 Å². The first kappa shape index (κ1) is 19.1. The summed E-state index contributed by atoms with van der Waals surface area (Å²) in [4.78, 5) is 24.3. The van der Waals surface area contributed by atoms with Gasteiger partial charge in [-0.1, -0.05) is 35.9 Å². The molecular formula is C21H16ClN3O3. The SMILES string of the molecule is O=C(N/N=C\c1cccc(NC(=O)c2ccccc2Cl)c1)c1ccc(O)cc1. The van der Waals surface area contributed by atoms with E-state index in [2.05, 4.69) is 15.8 Å². The smallest absolute Gasteiger partial charge is 0.271 e. The molecule has 0 bridgehead atoms. The Balaban J connectivity index is 1.63. The number of rotatable bonds is 5. The molecule has 0 aliphatic rings. The van der Waals surface area contributed by atoms with Crippen LogP contribution in [0.2, 0.25) is 5.02 Å². The van der Waals surface area contributed by atoms with Crippen molar-refractivity contribution < 1.29 is 14.7 Å². The van der Waals surface area contributed by atoms with Crippen LogP contribution in [0.3, 0.4) is 0 Å². The van der Waals surface area contributed by atoms with Gasteiger partial charge in [0.25, 0.3) is 11.8 Å². The number of phenols is 1. The van der Waals surface area contributed by atoms with Gasteiger partial charge in [0.1, 0.15) is 5.75 Å². The lowest BCUT2D eigenvalue weighted by Crippen LogP contribution is -2.17. The number of halogens is 1. The minimum absolute atomic E-state index is 0.0794. The Bertz CT molecular complexity index is 1030. The fourth-order valence-electron chi connectivity index (χ4n) is 2.38. The second kappa shape index (κ2) is 8.83. The van der Waals surface area contributed by atoms with Crippen LogP contribution in [-0.4, -0.2) is 23.1 Å². The lowest BCUT2D eigenvalue weighted by Gasteiger charge is -2.07. The number of anilines is 1. The Morgan fingerprint density at radius 1 is 0.929 bits per heavy atom. The van der Waals surface area contributed by atoms with E-state index in [1.165, 1.54) is 30.5 Å². The zero-order valence-electron chi connectivity index (χ0n) is 14.6. The topological polar surface area (TPSA) is 90.8 Å². The van der Waals surface area contributed by atoms with Gasteiger partial charge in [0.15, 0.2) is 0 Å². The fraction of sp³-hybridized carbons (Fsp3) is 0. The van der Waals surface area contributed by atoms with Crippen molar-refractivity contribution in [1.29, 1.82) is 0 Å². The summed E-state index contributed by atoms with van der Waals surface area (Å²) < 4.78 is 0. The van der Waals surface area contributed by atoms with Gasteiger partial charge < -0.3 is 10.4 Å². The van der Waals surface area contributed by atoms with Crippen LogP contribution in [0, 0.1) is 0 Å². The number of hydrogen-bond acceptors (Lipinski definition) is 4. The van der Waals surface area contributed by atoms with E-state index in [9.17, 15) is 14.7 Å². The van der Waals surface area contributed by atoms with Crippen LogP contribution in [0.4, 0.5) is 5.69 Å². The highest BCUT2D eigenvalue weighted by molar-refractivity contribution is 6.34. The maximum Gasteiger partial charge on any atom is 0.271 e. The molecule has 0 aliphatic carbocycles. The van der Waals surface area contributed by atoms with Crippen molar-refractivity contribution in [3.8, 4) is 5.75 Å². The largest absolute Gasteiger partial charge is 0.508 e. The minimum atomic E-state index is -0.403. The first-order valence-electron chi connectivity index (χ1n) is 8.31. The number of aromatic hydroxyl groups is 1. The average molecular weight is 394 g/mol. The highest BCUT2D eigenvalue weighted by Gasteiger charge is 2.09. The Morgan fingerprint density at radius 3 is 2.43 bits per heavy atom. The molecule has 0 unspecified atom stereocenters. The molecule has 6 nitrogen and oxygen atoms in total. The summed E-state index contributed by atoms with van der Waals surface area (Å²) in [5.74, 6) is -0.643. The van der Waals surface area contributed by atoms with E-state index in [0.717, 1.165) is 0 Å². The summed E-state index contributed by atoms with van der Waals surface area (Å²) in [5.41, 5.74) is 4.41. The Hall–Kier alpha value is -3.64. The van der Waals surface area contributed by atoms with Crippen molar-refractivity contribution in [2.24, 2.45) is 5.10 Å². The van der Waals surface area contributed by atoms with E-state index in [0.29, 0.717) is 27.4 Å². The van der Waals surface area contributed by atoms with Crippen molar-refractivity contribution in [2.45, 2.75) is 0 Å². The fourth-order valence-corrected chi connectivity index (χ4v) is 2.60. The maximum absolute atomic E-state index is 12.3. The molecule has 3 aromatic rings. The standard InChI is InChI=1S/C21H16ClN3O3/c22-19-7-2-1-6-18(19)21(28)24-16-5-3-4-14(12-16)13-23-25-20(27)15-8-10-17(26)11-9-15/h1-13,26H,(H,24,28)(H,25,27)/b23-13-. The summed E-state index contributed by atoms with van der Waals surface area (Å²) in [6.07, 6.45) is 1.46. The molecular weight excluding hydrogens is 378 g/mol. The third-order valence-corrected chi connectivity index (χ3v) is 4.10. The van der Waals surface area contributed by atoms with E-state index in [-0.39, 0.29) is 11.7 Å². The summed E-state index contributed by atoms with van der Waals surface area (Å²) in [6.45, 7) is 0. The van der Waals surface area contributed by atoms with E-state index in [1.54, 1.807) is 48.5 Å². The third-order valence-electron chi connectivity index (χ3n) is 3.77. The molecule has 0 saturated heterocycles. The second-order valence-corrected chi connectivity index (χ2v) is 6.21. The predicted octanol–water partition coefficient (Wildman–Crippen LogP) is 4.06. The van der Waals surface area contributed by atoms with Crippen LogP contribution < -0.4 is 10.7 Å². The van der Waals surface area contributed by atoms with Crippen molar-refractivity contribution in [1.82, 2.24) is 5.43 Å². The number of phenolic OH excluding ortho intramolecular Hbond substituents is 1. The first-order chi connectivity index (χ1) is 13.5. The molecule has 3 aromatic carbocycles. The molecule has 3 rings (SSSR count). The number of carbonyl (C=O) groups excluding carboxylic acids is 2. The van der Waals surface area contributed by atoms with Crippen LogP contribution in [0.25, 0.3) is 0 Å². The highest BCUT2D eigenvalue weighted by atomic mass is 35.5. The van der Waals surface area contributed by atoms with E-state index in [1.807, 2.05) is 0 Å². The van der Waals surface area contributed by atoms with Gasteiger partial charge in [0.2, 0.25) is 0 Å². The zero-order chi connectivity index (χ0) is 19.9. The van der Waals surface area contributed by atoms with Crippen LogP contribution in [-0.2, 0) is 0 Å². The summed E-state index contributed by atoms with van der Waals surface area (Å²) in [6, 6.07) is 19.6. The zero-order valence-corrected chi connectivity index (χ0v) is 15.4.